The number of aromatic nitrogens is 2. The third kappa shape index (κ3) is 2.18. The number of carboxylic acids is 1. The first kappa shape index (κ1) is 10.2. The number of nitrogens with one attached hydrogen (secondary N) is 1. The van der Waals surface area contributed by atoms with Crippen LogP contribution < -0.4 is 5.32 Å². The number of aryl methyl sites for hydroxylation is 1. The number of nitrogens with zero attached hydrogens (tertiary/aromatic N) is 2. The Kier molecular flexibility index (Phi) is 2.73. The molecular weight excluding hydrogens is 194 g/mol. The Morgan fingerprint density at radius 3 is 3.07 bits per heavy atom. The van der Waals surface area contributed by atoms with Crippen molar-refractivity contribution >= 4 is 5.97 Å². The molecule has 15 heavy (non-hydrogen) atoms. The Hall–Kier alpha value is -1.36. The normalized spacial score (nSPS) is 26.5. The van der Waals surface area contributed by atoms with Gasteiger partial charge in [0.15, 0.2) is 0 Å². The highest BCUT2D eigenvalue weighted by Gasteiger charge is 2.27. The first-order valence-electron chi connectivity index (χ1n) is 5.15. The summed E-state index contributed by atoms with van der Waals surface area (Å²) in [6.07, 6.45) is 4.48. The van der Waals surface area contributed by atoms with Crippen LogP contribution in [0.1, 0.15) is 31.0 Å². The monoisotopic (exact) mass is 209 g/mol. The Balaban J connectivity index is 2.07. The number of aliphatic carboxylic acids is 1. The summed E-state index contributed by atoms with van der Waals surface area (Å²) < 4.78 is 1.74. The van der Waals surface area contributed by atoms with Crippen molar-refractivity contribution in [1.82, 2.24) is 15.1 Å². The zero-order valence-electron chi connectivity index (χ0n) is 8.68. The predicted molar refractivity (Wildman–Crippen MR) is 54.4 cm³/mol. The van der Waals surface area contributed by atoms with Crippen LogP contribution in [0, 0.1) is 0 Å². The molecule has 5 heteroatoms. The average molecular weight is 209 g/mol. The van der Waals surface area contributed by atoms with Crippen LogP contribution in [0.4, 0.5) is 0 Å². The number of hydrogen-bond acceptors (Lipinski definition) is 3. The van der Waals surface area contributed by atoms with Gasteiger partial charge in [-0.2, -0.15) is 5.10 Å². The molecule has 2 N–H and O–H groups in total. The van der Waals surface area contributed by atoms with Crippen LogP contribution in [-0.2, 0) is 11.8 Å². The van der Waals surface area contributed by atoms with E-state index in [4.69, 9.17) is 5.11 Å². The van der Waals surface area contributed by atoms with E-state index in [0.717, 1.165) is 18.5 Å². The van der Waals surface area contributed by atoms with Gasteiger partial charge in [-0.3, -0.25) is 14.8 Å². The van der Waals surface area contributed by atoms with E-state index in [1.165, 1.54) is 0 Å². The van der Waals surface area contributed by atoms with E-state index in [1.54, 1.807) is 4.68 Å². The summed E-state index contributed by atoms with van der Waals surface area (Å²) in [6, 6.07) is 1.59. The lowest BCUT2D eigenvalue weighted by atomic mass is 9.97. The van der Waals surface area contributed by atoms with Crippen molar-refractivity contribution in [2.24, 2.45) is 7.05 Å². The fourth-order valence-corrected chi connectivity index (χ4v) is 1.98. The molecule has 1 aliphatic heterocycles. The van der Waals surface area contributed by atoms with Crippen LogP contribution >= 0.6 is 0 Å². The third-order valence-corrected chi connectivity index (χ3v) is 2.78. The number of rotatable bonds is 2. The van der Waals surface area contributed by atoms with Crippen LogP contribution in [0.25, 0.3) is 0 Å². The lowest BCUT2D eigenvalue weighted by molar-refractivity contribution is -0.140. The summed E-state index contributed by atoms with van der Waals surface area (Å²) in [5.41, 5.74) is 0.934. The molecule has 0 aromatic carbocycles. The number of hydrogen-bond donors (Lipinski definition) is 2. The summed E-state index contributed by atoms with van der Waals surface area (Å²) in [6.45, 7) is 0. The molecule has 1 fully saturated rings. The van der Waals surface area contributed by atoms with Gasteiger partial charge in [0, 0.05) is 13.2 Å². The molecule has 0 spiro atoms. The second kappa shape index (κ2) is 4.02. The Morgan fingerprint density at radius 2 is 2.47 bits per heavy atom. The zero-order chi connectivity index (χ0) is 10.8. The molecule has 1 aromatic rings. The van der Waals surface area contributed by atoms with Crippen LogP contribution in [0.3, 0.4) is 0 Å². The molecule has 0 bridgehead atoms. The summed E-state index contributed by atoms with van der Waals surface area (Å²) >= 11 is 0. The summed E-state index contributed by atoms with van der Waals surface area (Å²) in [5.74, 6) is -0.768. The third-order valence-electron chi connectivity index (χ3n) is 2.78. The van der Waals surface area contributed by atoms with E-state index in [0.29, 0.717) is 6.42 Å². The molecule has 0 saturated carbocycles. The lowest BCUT2D eigenvalue weighted by Crippen LogP contribution is -2.42. The smallest absolute Gasteiger partial charge is 0.320 e. The summed E-state index contributed by atoms with van der Waals surface area (Å²) in [7, 11) is 1.86. The minimum atomic E-state index is -0.768. The molecule has 1 aromatic heterocycles. The van der Waals surface area contributed by atoms with E-state index in [2.05, 4.69) is 10.4 Å². The van der Waals surface area contributed by atoms with E-state index >= 15 is 0 Å². The molecule has 0 radical (unpaired) electrons. The molecule has 2 rings (SSSR count). The SMILES string of the molecule is Cn1ccc(C2CCCC(C(=O)O)N2)n1. The van der Waals surface area contributed by atoms with Gasteiger partial charge in [0.1, 0.15) is 6.04 Å². The van der Waals surface area contributed by atoms with E-state index in [9.17, 15) is 4.79 Å². The van der Waals surface area contributed by atoms with Gasteiger partial charge in [-0.05, 0) is 25.3 Å². The van der Waals surface area contributed by atoms with E-state index < -0.39 is 12.0 Å². The maximum atomic E-state index is 10.8. The number of carbonyl (C=O) groups is 1. The van der Waals surface area contributed by atoms with E-state index in [1.807, 2.05) is 19.3 Å². The minimum absolute atomic E-state index is 0.0843. The number of piperidine rings is 1. The Labute approximate surface area is 88.1 Å². The zero-order valence-corrected chi connectivity index (χ0v) is 8.68. The molecule has 0 amide bonds. The van der Waals surface area contributed by atoms with Crippen LogP contribution in [-0.4, -0.2) is 26.9 Å². The Bertz CT molecular complexity index is 361. The van der Waals surface area contributed by atoms with Crippen molar-refractivity contribution in [3.05, 3.63) is 18.0 Å². The van der Waals surface area contributed by atoms with Gasteiger partial charge in [-0.25, -0.2) is 0 Å². The summed E-state index contributed by atoms with van der Waals surface area (Å²) in [5, 5.41) is 16.3. The molecule has 1 saturated heterocycles. The van der Waals surface area contributed by atoms with Gasteiger partial charge in [0.25, 0.3) is 0 Å². The van der Waals surface area contributed by atoms with E-state index in [-0.39, 0.29) is 6.04 Å². The second-order valence-electron chi connectivity index (χ2n) is 3.96. The van der Waals surface area contributed by atoms with Crippen molar-refractivity contribution in [3.8, 4) is 0 Å². The molecule has 2 atom stereocenters. The topological polar surface area (TPSA) is 67.2 Å². The van der Waals surface area contributed by atoms with Gasteiger partial charge < -0.3 is 5.11 Å². The first-order valence-corrected chi connectivity index (χ1v) is 5.15. The molecule has 2 heterocycles. The van der Waals surface area contributed by atoms with Gasteiger partial charge in [-0.1, -0.05) is 0 Å². The fourth-order valence-electron chi connectivity index (χ4n) is 1.98. The molecule has 1 aliphatic rings. The highest BCUT2D eigenvalue weighted by atomic mass is 16.4. The standard InChI is InChI=1S/C10H15N3O2/c1-13-6-5-8(12-13)7-3-2-4-9(11-7)10(14)15/h5-7,9,11H,2-4H2,1H3,(H,14,15). The minimum Gasteiger partial charge on any atom is -0.480 e. The van der Waals surface area contributed by atoms with Crippen LogP contribution in [0.5, 0.6) is 0 Å². The largest absolute Gasteiger partial charge is 0.480 e. The lowest BCUT2D eigenvalue weighted by Gasteiger charge is -2.27. The number of carboxylic acid groups (broad SMARTS) is 1. The van der Waals surface area contributed by atoms with Gasteiger partial charge in [0.05, 0.1) is 11.7 Å². The molecule has 82 valence electrons. The maximum absolute atomic E-state index is 10.8. The average Bonchev–Trinajstić information content (AvgIpc) is 2.65. The molecule has 5 nitrogen and oxygen atoms in total. The van der Waals surface area contributed by atoms with Gasteiger partial charge >= 0.3 is 5.97 Å². The highest BCUT2D eigenvalue weighted by molar-refractivity contribution is 5.73. The maximum Gasteiger partial charge on any atom is 0.320 e. The quantitative estimate of drug-likeness (QED) is 0.752. The van der Waals surface area contributed by atoms with Crippen molar-refractivity contribution < 1.29 is 9.90 Å². The molecule has 0 aliphatic carbocycles. The molecule has 2 unspecified atom stereocenters. The highest BCUT2D eigenvalue weighted by Crippen LogP contribution is 2.24. The summed E-state index contributed by atoms with van der Waals surface area (Å²) in [4.78, 5) is 10.8. The first-order chi connectivity index (χ1) is 7.16. The van der Waals surface area contributed by atoms with Crippen molar-refractivity contribution in [2.75, 3.05) is 0 Å². The van der Waals surface area contributed by atoms with Crippen molar-refractivity contribution in [1.29, 1.82) is 0 Å². The Morgan fingerprint density at radius 1 is 1.67 bits per heavy atom. The predicted octanol–water partition coefficient (Wildman–Crippen LogP) is 0.688. The fraction of sp³-hybridized carbons (Fsp3) is 0.600. The second-order valence-corrected chi connectivity index (χ2v) is 3.96. The van der Waals surface area contributed by atoms with Crippen molar-refractivity contribution in [3.63, 3.8) is 0 Å². The van der Waals surface area contributed by atoms with Gasteiger partial charge in [0.2, 0.25) is 0 Å². The van der Waals surface area contributed by atoms with Crippen molar-refractivity contribution in [2.45, 2.75) is 31.3 Å². The van der Waals surface area contributed by atoms with Crippen LogP contribution in [0.15, 0.2) is 12.3 Å². The van der Waals surface area contributed by atoms with Crippen LogP contribution in [0.2, 0.25) is 0 Å². The van der Waals surface area contributed by atoms with Gasteiger partial charge in [-0.15, -0.1) is 0 Å². The molecular formula is C10H15N3O2.